The summed E-state index contributed by atoms with van der Waals surface area (Å²) >= 11 is 1.66. The maximum absolute atomic E-state index is 13.3. The molecule has 0 aliphatic carbocycles. The molecule has 0 unspecified atom stereocenters. The molecule has 0 bridgehead atoms. The van der Waals surface area contributed by atoms with Crippen LogP contribution in [0.4, 0.5) is 15.9 Å². The van der Waals surface area contributed by atoms with Crippen molar-refractivity contribution in [2.45, 2.75) is 19.5 Å². The molecule has 10 heteroatoms. The number of rotatable bonds is 7. The first-order chi connectivity index (χ1) is 19.4. The molecule has 200 valence electrons. The lowest BCUT2D eigenvalue weighted by Crippen LogP contribution is -2.28. The molecule has 4 N–H and O–H groups in total. The normalized spacial score (nSPS) is 12.1. The van der Waals surface area contributed by atoms with Gasteiger partial charge in [-0.15, -0.1) is 11.3 Å². The lowest BCUT2D eigenvalue weighted by Gasteiger charge is -2.16. The van der Waals surface area contributed by atoms with Crippen LogP contribution >= 0.6 is 11.3 Å². The highest BCUT2D eigenvalue weighted by molar-refractivity contribution is 7.15. The maximum Gasteiger partial charge on any atom is 0.255 e. The van der Waals surface area contributed by atoms with Crippen LogP contribution in [-0.4, -0.2) is 25.4 Å². The molecule has 0 saturated carbocycles. The molecule has 0 aliphatic heterocycles. The largest absolute Gasteiger partial charge is 0.397 e. The summed E-state index contributed by atoms with van der Waals surface area (Å²) in [5, 5.41) is 7.29. The van der Waals surface area contributed by atoms with E-state index in [0.29, 0.717) is 23.6 Å². The highest BCUT2D eigenvalue weighted by atomic mass is 32.1. The molecule has 4 aromatic heterocycles. The van der Waals surface area contributed by atoms with Gasteiger partial charge in [0.2, 0.25) is 0 Å². The molecule has 8 nitrogen and oxygen atoms in total. The first-order valence-corrected chi connectivity index (χ1v) is 13.5. The van der Waals surface area contributed by atoms with E-state index in [2.05, 4.69) is 49.9 Å². The van der Waals surface area contributed by atoms with Gasteiger partial charge in [-0.05, 0) is 60.5 Å². The fraction of sp³-hybridized carbons (Fsp3) is 0.133. The van der Waals surface area contributed by atoms with E-state index in [0.717, 1.165) is 42.8 Å². The predicted octanol–water partition coefficient (Wildman–Crippen LogP) is 6.07. The Morgan fingerprint density at radius 2 is 1.85 bits per heavy atom. The van der Waals surface area contributed by atoms with E-state index in [4.69, 9.17) is 5.73 Å². The Balaban J connectivity index is 1.20. The van der Waals surface area contributed by atoms with Crippen LogP contribution < -0.4 is 16.4 Å². The van der Waals surface area contributed by atoms with Crippen molar-refractivity contribution in [2.24, 2.45) is 7.05 Å². The summed E-state index contributed by atoms with van der Waals surface area (Å²) in [6.07, 6.45) is 5.12. The third-order valence-corrected chi connectivity index (χ3v) is 7.92. The van der Waals surface area contributed by atoms with Crippen molar-refractivity contribution >= 4 is 50.7 Å². The van der Waals surface area contributed by atoms with Crippen molar-refractivity contribution in [2.75, 3.05) is 11.1 Å². The quantitative estimate of drug-likeness (QED) is 0.222. The van der Waals surface area contributed by atoms with Crippen molar-refractivity contribution in [1.29, 1.82) is 0 Å². The summed E-state index contributed by atoms with van der Waals surface area (Å²) in [6.45, 7) is 2.32. The average molecular weight is 552 g/mol. The lowest BCUT2D eigenvalue weighted by molar-refractivity contribution is 0.0940. The minimum absolute atomic E-state index is 0.322. The monoisotopic (exact) mass is 551 g/mol. The molecule has 0 spiro atoms. The van der Waals surface area contributed by atoms with E-state index in [1.54, 1.807) is 42.1 Å². The van der Waals surface area contributed by atoms with Gasteiger partial charge in [0.05, 0.1) is 53.6 Å². The van der Waals surface area contributed by atoms with Gasteiger partial charge in [-0.1, -0.05) is 18.2 Å². The van der Waals surface area contributed by atoms with Gasteiger partial charge in [0.1, 0.15) is 17.2 Å². The lowest BCUT2D eigenvalue weighted by atomic mass is 10.1. The highest BCUT2D eigenvalue weighted by Gasteiger charge is 2.17. The van der Waals surface area contributed by atoms with Gasteiger partial charge in [-0.25, -0.2) is 14.4 Å². The van der Waals surface area contributed by atoms with Gasteiger partial charge in [-0.3, -0.25) is 9.78 Å². The maximum atomic E-state index is 13.3. The van der Waals surface area contributed by atoms with Gasteiger partial charge >= 0.3 is 0 Å². The van der Waals surface area contributed by atoms with E-state index in [-0.39, 0.29) is 17.8 Å². The van der Waals surface area contributed by atoms with Crippen molar-refractivity contribution in [3.8, 4) is 10.4 Å². The number of carbonyl (C=O) groups is 1. The van der Waals surface area contributed by atoms with E-state index < -0.39 is 0 Å². The molecule has 1 atom stereocenters. The molecule has 4 heterocycles. The second kappa shape index (κ2) is 10.4. The van der Waals surface area contributed by atoms with Crippen molar-refractivity contribution in [3.63, 3.8) is 0 Å². The van der Waals surface area contributed by atoms with Crippen LogP contribution in [0, 0.1) is 5.82 Å². The molecule has 40 heavy (non-hydrogen) atoms. The number of nitrogens with two attached hydrogens (primary N) is 1. The molecule has 6 rings (SSSR count). The van der Waals surface area contributed by atoms with E-state index in [9.17, 15) is 9.18 Å². The zero-order chi connectivity index (χ0) is 27.8. The number of aromatic nitrogens is 4. The number of hydrogen-bond donors (Lipinski definition) is 3. The minimum atomic E-state index is -0.327. The Bertz CT molecular complexity index is 1860. The number of benzene rings is 2. The summed E-state index contributed by atoms with van der Waals surface area (Å²) in [6, 6.07) is 17.7. The molecule has 0 fully saturated rings. The fourth-order valence-corrected chi connectivity index (χ4v) is 5.64. The third kappa shape index (κ3) is 4.96. The Hall–Kier alpha value is -4.83. The number of nitrogen functional groups attached to an aromatic ring is 1. The van der Waals surface area contributed by atoms with Crippen molar-refractivity contribution in [3.05, 3.63) is 101 Å². The number of anilines is 2. The second-order valence-electron chi connectivity index (χ2n) is 9.61. The fourth-order valence-electron chi connectivity index (χ4n) is 4.70. The number of aryl methyl sites for hydroxylation is 1. The number of halogens is 1. The first-order valence-electron chi connectivity index (χ1n) is 12.7. The molecule has 6 aromatic rings. The van der Waals surface area contributed by atoms with Gasteiger partial charge in [0.25, 0.3) is 5.91 Å². The number of carbonyl (C=O) groups excluding carboxylic acids is 1. The standard InChI is InChI=1S/C30H26FN7OS/c1-17(18-3-6-20(31)7-4-18)37-30(39)24-12-21(32)13-34-29(24)35-14-22-8-10-27(40-22)19-5-9-25-23(11-19)28-26(15-33-25)36-16-38(28)2/h3-13,15-17H,14,32H2,1-2H3,(H,34,35)(H,37,39)/t17-/m0/s1. The predicted molar refractivity (Wildman–Crippen MR) is 158 cm³/mol. The number of amides is 1. The van der Waals surface area contributed by atoms with Crippen LogP contribution in [-0.2, 0) is 13.6 Å². The van der Waals surface area contributed by atoms with Crippen LogP contribution in [0.25, 0.3) is 32.4 Å². The van der Waals surface area contributed by atoms with Crippen molar-refractivity contribution < 1.29 is 9.18 Å². The Morgan fingerprint density at radius 3 is 2.67 bits per heavy atom. The van der Waals surface area contributed by atoms with Crippen LogP contribution in [0.1, 0.15) is 33.8 Å². The SMILES string of the molecule is C[C@H](NC(=O)c1cc(N)cnc1NCc1ccc(-c2ccc3ncc4ncn(C)c4c3c2)s1)c1ccc(F)cc1. The molecule has 2 aromatic carbocycles. The van der Waals surface area contributed by atoms with Gasteiger partial charge in [-0.2, -0.15) is 0 Å². The van der Waals surface area contributed by atoms with E-state index >= 15 is 0 Å². The van der Waals surface area contributed by atoms with Gasteiger partial charge in [0, 0.05) is 22.2 Å². The Kier molecular flexibility index (Phi) is 6.61. The van der Waals surface area contributed by atoms with Crippen LogP contribution in [0.3, 0.4) is 0 Å². The number of pyridine rings is 2. The second-order valence-corrected chi connectivity index (χ2v) is 10.8. The highest BCUT2D eigenvalue weighted by Crippen LogP contribution is 2.33. The number of hydrogen-bond acceptors (Lipinski definition) is 7. The number of fused-ring (bicyclic) bond motifs is 3. The third-order valence-electron chi connectivity index (χ3n) is 6.79. The summed E-state index contributed by atoms with van der Waals surface area (Å²) in [7, 11) is 1.99. The summed E-state index contributed by atoms with van der Waals surface area (Å²) in [5.74, 6) is -0.213. The molecule has 0 saturated heterocycles. The van der Waals surface area contributed by atoms with Crippen LogP contribution in [0.2, 0.25) is 0 Å². The van der Waals surface area contributed by atoms with E-state index in [1.807, 2.05) is 24.6 Å². The van der Waals surface area contributed by atoms with Crippen LogP contribution in [0.5, 0.6) is 0 Å². The average Bonchev–Trinajstić information content (AvgIpc) is 3.59. The summed E-state index contributed by atoms with van der Waals surface area (Å²) in [4.78, 5) is 28.7. The zero-order valence-corrected chi connectivity index (χ0v) is 22.7. The molecular formula is C30H26FN7OS. The van der Waals surface area contributed by atoms with Crippen molar-refractivity contribution in [1.82, 2.24) is 24.8 Å². The smallest absolute Gasteiger partial charge is 0.255 e. The number of imidazole rings is 1. The van der Waals surface area contributed by atoms with Gasteiger partial charge in [0.15, 0.2) is 0 Å². The number of thiophene rings is 1. The number of nitrogens with zero attached hydrogens (tertiary/aromatic N) is 4. The van der Waals surface area contributed by atoms with E-state index in [1.165, 1.54) is 18.3 Å². The zero-order valence-electron chi connectivity index (χ0n) is 21.9. The molecule has 0 radical (unpaired) electrons. The molecular weight excluding hydrogens is 525 g/mol. The number of nitrogens with one attached hydrogen (secondary N) is 2. The minimum Gasteiger partial charge on any atom is -0.397 e. The molecule has 0 aliphatic rings. The summed E-state index contributed by atoms with van der Waals surface area (Å²) in [5.41, 5.74) is 11.4. The molecule has 1 amide bonds. The Morgan fingerprint density at radius 1 is 1.02 bits per heavy atom. The Labute approximate surface area is 233 Å². The topological polar surface area (TPSA) is 111 Å². The van der Waals surface area contributed by atoms with Crippen LogP contribution in [0.15, 0.2) is 79.4 Å². The van der Waals surface area contributed by atoms with Gasteiger partial charge < -0.3 is 20.9 Å². The summed E-state index contributed by atoms with van der Waals surface area (Å²) < 4.78 is 15.3. The first kappa shape index (κ1) is 25.4.